The van der Waals surface area contributed by atoms with Crippen LogP contribution in [0.15, 0.2) is 103 Å². The number of esters is 1. The molecule has 6 heteroatoms. The van der Waals surface area contributed by atoms with Crippen molar-refractivity contribution in [2.24, 2.45) is 0 Å². The van der Waals surface area contributed by atoms with Crippen LogP contribution in [0.4, 0.5) is 16.2 Å². The van der Waals surface area contributed by atoms with Gasteiger partial charge in [0.25, 0.3) is 0 Å². The number of amides is 2. The molecule has 36 heavy (non-hydrogen) atoms. The summed E-state index contributed by atoms with van der Waals surface area (Å²) in [5.41, 5.74) is 4.38. The molecular weight excluding hydrogens is 452 g/mol. The smallest absolute Gasteiger partial charge is 0.341 e. The van der Waals surface area contributed by atoms with Gasteiger partial charge in [-0.05, 0) is 53.4 Å². The number of hydrogen-bond acceptors (Lipinski definition) is 4. The molecule has 0 saturated carbocycles. The molecule has 4 aromatic rings. The second-order valence-electron chi connectivity index (χ2n) is 8.15. The van der Waals surface area contributed by atoms with Crippen LogP contribution < -0.4 is 15.4 Å². The Bertz CT molecular complexity index is 1270. The van der Waals surface area contributed by atoms with Crippen molar-refractivity contribution in [3.05, 3.63) is 125 Å². The molecule has 6 nitrogen and oxygen atoms in total. The van der Waals surface area contributed by atoms with E-state index in [1.807, 2.05) is 84.9 Å². The highest BCUT2D eigenvalue weighted by atomic mass is 16.5. The number of ether oxygens (including phenoxy) is 2. The van der Waals surface area contributed by atoms with Crippen LogP contribution in [0, 0.1) is 0 Å². The van der Waals surface area contributed by atoms with E-state index in [2.05, 4.69) is 17.6 Å². The molecule has 0 fully saturated rings. The van der Waals surface area contributed by atoms with E-state index in [1.165, 1.54) is 12.7 Å². The van der Waals surface area contributed by atoms with Crippen LogP contribution in [0.5, 0.6) is 5.75 Å². The first-order chi connectivity index (χ1) is 17.6. The molecule has 182 valence electrons. The summed E-state index contributed by atoms with van der Waals surface area (Å²) in [5, 5.41) is 5.57. The second-order valence-corrected chi connectivity index (χ2v) is 8.15. The third-order valence-corrected chi connectivity index (χ3v) is 5.71. The van der Waals surface area contributed by atoms with Gasteiger partial charge in [0, 0.05) is 11.4 Å². The lowest BCUT2D eigenvalue weighted by molar-refractivity contribution is 0.0594. The molecule has 0 aromatic heterocycles. The Morgan fingerprint density at radius 3 is 1.86 bits per heavy atom. The Labute approximate surface area is 210 Å². The van der Waals surface area contributed by atoms with Crippen molar-refractivity contribution in [3.63, 3.8) is 0 Å². The Morgan fingerprint density at radius 2 is 1.31 bits per heavy atom. The number of anilines is 2. The van der Waals surface area contributed by atoms with E-state index in [9.17, 15) is 9.59 Å². The number of nitrogens with one attached hydrogen (secondary N) is 2. The lowest BCUT2D eigenvalue weighted by Crippen LogP contribution is -2.20. The summed E-state index contributed by atoms with van der Waals surface area (Å²) < 4.78 is 11.4. The number of rotatable bonds is 8. The largest absolute Gasteiger partial charge is 0.480 e. The highest BCUT2D eigenvalue weighted by Crippen LogP contribution is 2.32. The van der Waals surface area contributed by atoms with E-state index >= 15 is 0 Å². The van der Waals surface area contributed by atoms with Gasteiger partial charge in [-0.3, -0.25) is 0 Å². The molecule has 0 bridgehead atoms. The van der Waals surface area contributed by atoms with Crippen molar-refractivity contribution in [1.29, 1.82) is 0 Å². The number of carbonyl (C=O) groups is 2. The van der Waals surface area contributed by atoms with Crippen LogP contribution in [-0.2, 0) is 11.2 Å². The normalized spacial score (nSPS) is 10.5. The Morgan fingerprint density at radius 1 is 0.750 bits per heavy atom. The number of hydrogen-bond donors (Lipinski definition) is 2. The molecule has 0 atom stereocenters. The van der Waals surface area contributed by atoms with Crippen LogP contribution in [-0.4, -0.2) is 19.1 Å². The first-order valence-corrected chi connectivity index (χ1v) is 11.7. The first kappa shape index (κ1) is 24.5. The van der Waals surface area contributed by atoms with Crippen LogP contribution in [0.25, 0.3) is 0 Å². The van der Waals surface area contributed by atoms with Crippen LogP contribution >= 0.6 is 0 Å². The van der Waals surface area contributed by atoms with E-state index in [1.54, 1.807) is 18.2 Å². The fourth-order valence-corrected chi connectivity index (χ4v) is 3.81. The van der Waals surface area contributed by atoms with Gasteiger partial charge in [0.1, 0.15) is 17.4 Å². The van der Waals surface area contributed by atoms with Crippen molar-refractivity contribution >= 4 is 23.4 Å². The fraction of sp³-hybridized carbons (Fsp3) is 0.133. The molecule has 0 radical (unpaired) electrons. The number of aryl methyl sites for hydroxylation is 1. The monoisotopic (exact) mass is 480 g/mol. The van der Waals surface area contributed by atoms with E-state index < -0.39 is 18.1 Å². The van der Waals surface area contributed by atoms with Crippen molar-refractivity contribution in [3.8, 4) is 5.75 Å². The quantitative estimate of drug-likeness (QED) is 0.271. The molecule has 0 unspecified atom stereocenters. The van der Waals surface area contributed by atoms with Crippen molar-refractivity contribution in [2.45, 2.75) is 19.4 Å². The molecule has 0 heterocycles. The van der Waals surface area contributed by atoms with Gasteiger partial charge < -0.3 is 20.1 Å². The van der Waals surface area contributed by atoms with Gasteiger partial charge >= 0.3 is 12.0 Å². The third-order valence-electron chi connectivity index (χ3n) is 5.71. The minimum atomic E-state index is -0.566. The Kier molecular flexibility index (Phi) is 7.98. The topological polar surface area (TPSA) is 76.7 Å². The fourth-order valence-electron chi connectivity index (χ4n) is 3.81. The van der Waals surface area contributed by atoms with Gasteiger partial charge in [-0.1, -0.05) is 79.7 Å². The van der Waals surface area contributed by atoms with Crippen molar-refractivity contribution in [1.82, 2.24) is 0 Å². The summed E-state index contributed by atoms with van der Waals surface area (Å²) in [6.07, 6.45) is 0.482. The molecule has 2 N–H and O–H groups in total. The summed E-state index contributed by atoms with van der Waals surface area (Å²) in [7, 11) is 1.31. The average Bonchev–Trinajstić information content (AvgIpc) is 2.93. The standard InChI is InChI=1S/C30H28N2O4/c1-3-21-14-16-24(17-15-21)31-30(34)32-25-18-19-27(26(20-25)29(33)35-2)36-28(22-10-6-4-7-11-22)23-12-8-5-9-13-23/h4-20,28H,3H2,1-2H3,(H2,31,32,34). The number of benzene rings is 4. The predicted octanol–water partition coefficient (Wildman–Crippen LogP) is 6.85. The summed E-state index contributed by atoms with van der Waals surface area (Å²) in [6.45, 7) is 2.07. The lowest BCUT2D eigenvalue weighted by atomic mass is 10.0. The van der Waals surface area contributed by atoms with Crippen molar-refractivity contribution in [2.75, 3.05) is 17.7 Å². The van der Waals surface area contributed by atoms with E-state index in [-0.39, 0.29) is 5.56 Å². The zero-order chi connectivity index (χ0) is 25.3. The summed E-state index contributed by atoms with van der Waals surface area (Å²) in [5.74, 6) is -0.218. The highest BCUT2D eigenvalue weighted by Gasteiger charge is 2.21. The minimum Gasteiger partial charge on any atom is -0.480 e. The molecular formula is C30H28N2O4. The molecule has 0 aliphatic rings. The summed E-state index contributed by atoms with van der Waals surface area (Å²) in [6, 6.07) is 31.7. The first-order valence-electron chi connectivity index (χ1n) is 11.7. The maximum atomic E-state index is 12.6. The SMILES string of the molecule is CCc1ccc(NC(=O)Nc2ccc(OC(c3ccccc3)c3ccccc3)c(C(=O)OC)c2)cc1. The van der Waals surface area contributed by atoms with Gasteiger partial charge in [-0.2, -0.15) is 0 Å². The maximum absolute atomic E-state index is 12.6. The number of methoxy groups -OCH3 is 1. The average molecular weight is 481 g/mol. The van der Waals surface area contributed by atoms with Crippen LogP contribution in [0.2, 0.25) is 0 Å². The zero-order valence-corrected chi connectivity index (χ0v) is 20.2. The van der Waals surface area contributed by atoms with E-state index in [4.69, 9.17) is 9.47 Å². The molecule has 2 amide bonds. The molecule has 0 spiro atoms. The zero-order valence-electron chi connectivity index (χ0n) is 20.2. The van der Waals surface area contributed by atoms with Gasteiger partial charge in [0.05, 0.1) is 7.11 Å². The predicted molar refractivity (Wildman–Crippen MR) is 142 cm³/mol. The van der Waals surface area contributed by atoms with Crippen molar-refractivity contribution < 1.29 is 19.1 Å². The minimum absolute atomic E-state index is 0.208. The van der Waals surface area contributed by atoms with Gasteiger partial charge in [-0.25, -0.2) is 9.59 Å². The van der Waals surface area contributed by atoms with Crippen LogP contribution in [0.1, 0.15) is 40.1 Å². The molecule has 0 aliphatic carbocycles. The third kappa shape index (κ3) is 6.10. The number of urea groups is 1. The number of carbonyl (C=O) groups excluding carboxylic acids is 2. The van der Waals surface area contributed by atoms with Gasteiger partial charge in [0.2, 0.25) is 0 Å². The van der Waals surface area contributed by atoms with E-state index in [0.29, 0.717) is 17.1 Å². The molecule has 4 aromatic carbocycles. The summed E-state index contributed by atoms with van der Waals surface area (Å²) >= 11 is 0. The molecule has 0 aliphatic heterocycles. The molecule has 0 saturated heterocycles. The second kappa shape index (κ2) is 11.7. The lowest BCUT2D eigenvalue weighted by Gasteiger charge is -2.22. The van der Waals surface area contributed by atoms with Gasteiger partial charge in [-0.15, -0.1) is 0 Å². The maximum Gasteiger partial charge on any atom is 0.341 e. The highest BCUT2D eigenvalue weighted by molar-refractivity contribution is 6.01. The molecule has 4 rings (SSSR count). The van der Waals surface area contributed by atoms with Crippen LogP contribution in [0.3, 0.4) is 0 Å². The Balaban J connectivity index is 1.58. The Hall–Kier alpha value is -4.58. The van der Waals surface area contributed by atoms with Gasteiger partial charge in [0.15, 0.2) is 0 Å². The summed E-state index contributed by atoms with van der Waals surface area (Å²) in [4.78, 5) is 25.2. The van der Waals surface area contributed by atoms with E-state index in [0.717, 1.165) is 17.5 Å².